The van der Waals surface area contributed by atoms with Crippen LogP contribution in [-0.2, 0) is 6.42 Å². The van der Waals surface area contributed by atoms with Crippen LogP contribution in [0.4, 0.5) is 0 Å². The van der Waals surface area contributed by atoms with Crippen molar-refractivity contribution in [3.8, 4) is 11.8 Å². The van der Waals surface area contributed by atoms with Crippen LogP contribution < -0.4 is 0 Å². The fourth-order valence-corrected chi connectivity index (χ4v) is 2.26. The number of aromatic nitrogens is 1. The van der Waals surface area contributed by atoms with E-state index in [1.165, 1.54) is 16.9 Å². The second-order valence-corrected chi connectivity index (χ2v) is 4.41. The second kappa shape index (κ2) is 4.47. The first kappa shape index (κ1) is 11.5. The van der Waals surface area contributed by atoms with Gasteiger partial charge in [-0.2, -0.15) is 5.26 Å². The van der Waals surface area contributed by atoms with E-state index in [1.54, 1.807) is 0 Å². The summed E-state index contributed by atoms with van der Waals surface area (Å²) in [7, 11) is 0. The van der Waals surface area contributed by atoms with Gasteiger partial charge >= 0.3 is 0 Å². The lowest BCUT2D eigenvalue weighted by Gasteiger charge is -2.10. The van der Waals surface area contributed by atoms with Crippen molar-refractivity contribution in [1.82, 2.24) is 4.57 Å². The lowest BCUT2D eigenvalue weighted by atomic mass is 10.2. The molecule has 0 saturated heterocycles. The normalized spacial score (nSPS) is 10.2. The zero-order valence-corrected chi connectivity index (χ0v) is 10.5. The molecule has 2 rings (SSSR count). The molecule has 1 aromatic carbocycles. The van der Waals surface area contributed by atoms with E-state index < -0.39 is 0 Å². The summed E-state index contributed by atoms with van der Waals surface area (Å²) in [5.74, 6) is 0. The molecule has 0 atom stereocenters. The summed E-state index contributed by atoms with van der Waals surface area (Å²) >= 11 is 0. The fraction of sp³-hybridized carbons (Fsp3) is 0.267. The van der Waals surface area contributed by atoms with Crippen LogP contribution in [0.3, 0.4) is 0 Å². The van der Waals surface area contributed by atoms with Gasteiger partial charge in [0.15, 0.2) is 0 Å². The smallest absolute Gasteiger partial charge is 0.0670 e. The van der Waals surface area contributed by atoms with E-state index in [9.17, 15) is 0 Å². The number of rotatable bonds is 2. The van der Waals surface area contributed by atoms with E-state index in [0.29, 0.717) is 6.42 Å². The van der Waals surface area contributed by atoms with Crippen molar-refractivity contribution in [2.24, 2.45) is 0 Å². The number of hydrogen-bond donors (Lipinski definition) is 0. The maximum atomic E-state index is 8.80. The van der Waals surface area contributed by atoms with Crippen LogP contribution in [0.15, 0.2) is 30.3 Å². The van der Waals surface area contributed by atoms with E-state index in [4.69, 9.17) is 5.26 Å². The number of nitriles is 1. The second-order valence-electron chi connectivity index (χ2n) is 4.41. The minimum atomic E-state index is 0.478. The van der Waals surface area contributed by atoms with E-state index in [0.717, 1.165) is 11.3 Å². The van der Waals surface area contributed by atoms with Crippen molar-refractivity contribution in [3.63, 3.8) is 0 Å². The summed E-state index contributed by atoms with van der Waals surface area (Å²) in [6.07, 6.45) is 0.478. The van der Waals surface area contributed by atoms with Gasteiger partial charge in [0.2, 0.25) is 0 Å². The number of aryl methyl sites for hydroxylation is 2. The fourth-order valence-electron chi connectivity index (χ4n) is 2.26. The average molecular weight is 224 g/mol. The van der Waals surface area contributed by atoms with Gasteiger partial charge in [-0.15, -0.1) is 0 Å². The molecule has 17 heavy (non-hydrogen) atoms. The number of hydrogen-bond acceptors (Lipinski definition) is 1. The third-order valence-corrected chi connectivity index (χ3v) is 3.07. The predicted octanol–water partition coefficient (Wildman–Crippen LogP) is 3.47. The Morgan fingerprint density at radius 1 is 1.18 bits per heavy atom. The zero-order valence-electron chi connectivity index (χ0n) is 10.5. The Morgan fingerprint density at radius 3 is 2.59 bits per heavy atom. The van der Waals surface area contributed by atoms with Crippen molar-refractivity contribution in [1.29, 1.82) is 5.26 Å². The van der Waals surface area contributed by atoms with Crippen LogP contribution in [0.25, 0.3) is 5.69 Å². The van der Waals surface area contributed by atoms with Crippen molar-refractivity contribution in [2.75, 3.05) is 0 Å². The molecule has 0 aliphatic heterocycles. The molecular formula is C15H16N2. The van der Waals surface area contributed by atoms with E-state index in [-0.39, 0.29) is 0 Å². The van der Waals surface area contributed by atoms with Crippen LogP contribution in [0.2, 0.25) is 0 Å². The standard InChI is InChI=1S/C15H16N2/c1-11-5-4-6-15(9-11)17-12(2)10-14(7-8-16)13(17)3/h4-6,9-10H,7H2,1-3H3. The molecule has 0 N–H and O–H groups in total. The number of nitrogens with zero attached hydrogens (tertiary/aromatic N) is 2. The van der Waals surface area contributed by atoms with Gasteiger partial charge in [-0.3, -0.25) is 0 Å². The maximum Gasteiger partial charge on any atom is 0.0670 e. The van der Waals surface area contributed by atoms with E-state index in [1.807, 2.05) is 0 Å². The Kier molecular flexibility index (Phi) is 3.01. The molecule has 2 aromatic rings. The molecule has 0 amide bonds. The molecule has 2 nitrogen and oxygen atoms in total. The molecule has 0 fully saturated rings. The van der Waals surface area contributed by atoms with Gasteiger partial charge in [-0.1, -0.05) is 12.1 Å². The average Bonchev–Trinajstić information content (AvgIpc) is 2.55. The molecule has 1 heterocycles. The van der Waals surface area contributed by atoms with Crippen molar-refractivity contribution in [2.45, 2.75) is 27.2 Å². The van der Waals surface area contributed by atoms with Crippen LogP contribution in [0.5, 0.6) is 0 Å². The molecule has 0 unspecified atom stereocenters. The van der Waals surface area contributed by atoms with Crippen molar-refractivity contribution < 1.29 is 0 Å². The highest BCUT2D eigenvalue weighted by Gasteiger charge is 2.09. The van der Waals surface area contributed by atoms with Crippen LogP contribution in [0, 0.1) is 32.1 Å². The molecule has 0 saturated carbocycles. The summed E-state index contributed by atoms with van der Waals surface area (Å²) in [5.41, 5.74) is 5.88. The highest BCUT2D eigenvalue weighted by molar-refractivity contribution is 5.43. The zero-order chi connectivity index (χ0) is 12.4. The topological polar surface area (TPSA) is 28.7 Å². The largest absolute Gasteiger partial charge is 0.318 e. The Bertz CT molecular complexity index is 585. The highest BCUT2D eigenvalue weighted by Crippen LogP contribution is 2.21. The third kappa shape index (κ3) is 2.09. The van der Waals surface area contributed by atoms with Crippen molar-refractivity contribution >= 4 is 0 Å². The van der Waals surface area contributed by atoms with Gasteiger partial charge in [0.1, 0.15) is 0 Å². The minimum Gasteiger partial charge on any atom is -0.318 e. The first-order chi connectivity index (χ1) is 8.13. The Morgan fingerprint density at radius 2 is 1.94 bits per heavy atom. The van der Waals surface area contributed by atoms with Crippen LogP contribution in [-0.4, -0.2) is 4.57 Å². The summed E-state index contributed by atoms with van der Waals surface area (Å²) in [4.78, 5) is 0. The van der Waals surface area contributed by atoms with Crippen molar-refractivity contribution in [3.05, 3.63) is 52.8 Å². The molecular weight excluding hydrogens is 208 g/mol. The molecule has 0 radical (unpaired) electrons. The van der Waals surface area contributed by atoms with Gasteiger partial charge in [0, 0.05) is 17.1 Å². The molecule has 0 aliphatic carbocycles. The summed E-state index contributed by atoms with van der Waals surface area (Å²) in [5, 5.41) is 8.80. The summed E-state index contributed by atoms with van der Waals surface area (Å²) in [6.45, 7) is 6.24. The van der Waals surface area contributed by atoms with E-state index in [2.05, 4.69) is 61.7 Å². The molecule has 0 bridgehead atoms. The molecule has 86 valence electrons. The number of benzene rings is 1. The molecule has 0 aliphatic rings. The highest BCUT2D eigenvalue weighted by atomic mass is 15.0. The minimum absolute atomic E-state index is 0.478. The lowest BCUT2D eigenvalue weighted by molar-refractivity contribution is 0.954. The lowest BCUT2D eigenvalue weighted by Crippen LogP contribution is -1.99. The SMILES string of the molecule is Cc1cccc(-n2c(C)cc(CC#N)c2C)c1. The Balaban J connectivity index is 2.56. The predicted molar refractivity (Wildman–Crippen MR) is 69.3 cm³/mol. The quantitative estimate of drug-likeness (QED) is 0.767. The summed E-state index contributed by atoms with van der Waals surface area (Å²) < 4.78 is 2.21. The Labute approximate surface area is 102 Å². The first-order valence-corrected chi connectivity index (χ1v) is 5.75. The van der Waals surface area contributed by atoms with Gasteiger partial charge in [0.05, 0.1) is 12.5 Å². The molecule has 1 aromatic heterocycles. The van der Waals surface area contributed by atoms with Gasteiger partial charge in [-0.25, -0.2) is 0 Å². The summed E-state index contributed by atoms with van der Waals surface area (Å²) in [6, 6.07) is 12.7. The monoisotopic (exact) mass is 224 g/mol. The van der Waals surface area contributed by atoms with Gasteiger partial charge in [-0.05, 0) is 50.1 Å². The van der Waals surface area contributed by atoms with Crippen LogP contribution in [0.1, 0.15) is 22.5 Å². The van der Waals surface area contributed by atoms with Crippen LogP contribution >= 0.6 is 0 Å². The first-order valence-electron chi connectivity index (χ1n) is 5.75. The molecule has 0 spiro atoms. The third-order valence-electron chi connectivity index (χ3n) is 3.07. The van der Waals surface area contributed by atoms with Gasteiger partial charge < -0.3 is 4.57 Å². The molecule has 2 heteroatoms. The maximum absolute atomic E-state index is 8.80. The van der Waals surface area contributed by atoms with Gasteiger partial charge in [0.25, 0.3) is 0 Å². The van der Waals surface area contributed by atoms with E-state index >= 15 is 0 Å². The Hall–Kier alpha value is -2.01.